The summed E-state index contributed by atoms with van der Waals surface area (Å²) in [5.41, 5.74) is 2.98. The van der Waals surface area contributed by atoms with E-state index < -0.39 is 5.97 Å². The zero-order chi connectivity index (χ0) is 12.5. The minimum absolute atomic E-state index is 0.255. The Kier molecular flexibility index (Phi) is 2.56. The van der Waals surface area contributed by atoms with Gasteiger partial charge in [-0.25, -0.2) is 9.48 Å². The first-order chi connectivity index (χ1) is 8.75. The molecule has 1 aliphatic heterocycles. The second kappa shape index (κ2) is 4.23. The maximum absolute atomic E-state index is 11.0. The predicted molar refractivity (Wildman–Crippen MR) is 63.7 cm³/mol. The second-order valence-corrected chi connectivity index (χ2v) is 4.18. The zero-order valence-electron chi connectivity index (χ0n) is 9.63. The third kappa shape index (κ3) is 1.76. The van der Waals surface area contributed by atoms with Crippen molar-refractivity contribution in [2.75, 3.05) is 6.54 Å². The first-order valence-electron chi connectivity index (χ1n) is 5.73. The molecule has 92 valence electrons. The van der Waals surface area contributed by atoms with E-state index in [-0.39, 0.29) is 5.56 Å². The van der Waals surface area contributed by atoms with E-state index in [1.165, 1.54) is 0 Å². The molecule has 0 unspecified atom stereocenters. The molecule has 0 bridgehead atoms. The largest absolute Gasteiger partial charge is 0.478 e. The molecule has 1 aromatic carbocycles. The van der Waals surface area contributed by atoms with E-state index in [1.54, 1.807) is 22.9 Å². The van der Waals surface area contributed by atoms with Crippen molar-refractivity contribution in [1.82, 2.24) is 20.3 Å². The van der Waals surface area contributed by atoms with Crippen LogP contribution in [0.5, 0.6) is 0 Å². The molecule has 1 aromatic heterocycles. The maximum atomic E-state index is 11.0. The SMILES string of the molecule is O=C(O)c1cccc(-n2nnc3c2CCNC3)c1. The summed E-state index contributed by atoms with van der Waals surface area (Å²) in [7, 11) is 0. The molecule has 3 rings (SSSR count). The summed E-state index contributed by atoms with van der Waals surface area (Å²) in [5.74, 6) is -0.938. The first-order valence-corrected chi connectivity index (χ1v) is 5.73. The van der Waals surface area contributed by atoms with Gasteiger partial charge >= 0.3 is 5.97 Å². The van der Waals surface area contributed by atoms with Crippen molar-refractivity contribution in [2.24, 2.45) is 0 Å². The Morgan fingerprint density at radius 1 is 1.44 bits per heavy atom. The number of fused-ring (bicyclic) bond motifs is 1. The number of hydrogen-bond donors (Lipinski definition) is 2. The van der Waals surface area contributed by atoms with E-state index in [2.05, 4.69) is 15.6 Å². The normalized spacial score (nSPS) is 14.2. The molecule has 0 atom stereocenters. The molecule has 0 spiro atoms. The van der Waals surface area contributed by atoms with Crippen LogP contribution in [0.4, 0.5) is 0 Å². The molecule has 1 aliphatic rings. The van der Waals surface area contributed by atoms with Crippen molar-refractivity contribution >= 4 is 5.97 Å². The minimum Gasteiger partial charge on any atom is -0.478 e. The van der Waals surface area contributed by atoms with Gasteiger partial charge in [0.05, 0.1) is 16.9 Å². The Balaban J connectivity index is 2.07. The highest BCUT2D eigenvalue weighted by Crippen LogP contribution is 2.17. The van der Waals surface area contributed by atoms with Crippen molar-refractivity contribution in [3.63, 3.8) is 0 Å². The van der Waals surface area contributed by atoms with Gasteiger partial charge in [-0.15, -0.1) is 5.10 Å². The number of nitrogens with zero attached hydrogens (tertiary/aromatic N) is 3. The lowest BCUT2D eigenvalue weighted by Gasteiger charge is -2.13. The number of benzene rings is 1. The van der Waals surface area contributed by atoms with Crippen LogP contribution in [-0.4, -0.2) is 32.6 Å². The van der Waals surface area contributed by atoms with Gasteiger partial charge in [0.15, 0.2) is 0 Å². The molecule has 2 N–H and O–H groups in total. The Hall–Kier alpha value is -2.21. The van der Waals surface area contributed by atoms with Gasteiger partial charge in [0, 0.05) is 19.5 Å². The maximum Gasteiger partial charge on any atom is 0.335 e. The summed E-state index contributed by atoms with van der Waals surface area (Å²) < 4.78 is 1.72. The van der Waals surface area contributed by atoms with Crippen LogP contribution >= 0.6 is 0 Å². The summed E-state index contributed by atoms with van der Waals surface area (Å²) >= 11 is 0. The summed E-state index contributed by atoms with van der Waals surface area (Å²) in [6.45, 7) is 1.60. The first kappa shape index (κ1) is 10.9. The molecule has 6 nitrogen and oxygen atoms in total. The van der Waals surface area contributed by atoms with Gasteiger partial charge in [0.25, 0.3) is 0 Å². The van der Waals surface area contributed by atoms with Crippen molar-refractivity contribution in [2.45, 2.75) is 13.0 Å². The molecule has 0 fully saturated rings. The van der Waals surface area contributed by atoms with Gasteiger partial charge < -0.3 is 10.4 Å². The third-order valence-corrected chi connectivity index (χ3v) is 3.01. The highest BCUT2D eigenvalue weighted by atomic mass is 16.4. The topological polar surface area (TPSA) is 80.0 Å². The van der Waals surface area contributed by atoms with Gasteiger partial charge in [-0.05, 0) is 18.2 Å². The monoisotopic (exact) mass is 244 g/mol. The number of carboxylic acid groups (broad SMARTS) is 1. The van der Waals surface area contributed by atoms with Crippen molar-refractivity contribution in [1.29, 1.82) is 0 Å². The number of carbonyl (C=O) groups is 1. The van der Waals surface area contributed by atoms with E-state index in [9.17, 15) is 4.79 Å². The second-order valence-electron chi connectivity index (χ2n) is 4.18. The van der Waals surface area contributed by atoms with Gasteiger partial charge in [0.1, 0.15) is 5.69 Å². The van der Waals surface area contributed by atoms with Crippen LogP contribution in [-0.2, 0) is 13.0 Å². The number of aromatic nitrogens is 3. The molecule has 0 aliphatic carbocycles. The average molecular weight is 244 g/mol. The van der Waals surface area contributed by atoms with Gasteiger partial charge in [0.2, 0.25) is 0 Å². The average Bonchev–Trinajstić information content (AvgIpc) is 2.82. The fourth-order valence-electron chi connectivity index (χ4n) is 2.11. The zero-order valence-corrected chi connectivity index (χ0v) is 9.63. The van der Waals surface area contributed by atoms with E-state index in [0.29, 0.717) is 6.54 Å². The van der Waals surface area contributed by atoms with E-state index in [1.807, 2.05) is 6.07 Å². The summed E-state index contributed by atoms with van der Waals surface area (Å²) in [4.78, 5) is 11.0. The Bertz CT molecular complexity index is 606. The summed E-state index contributed by atoms with van der Waals surface area (Å²) in [6.07, 6.45) is 0.847. The molecule has 0 saturated heterocycles. The molecule has 0 amide bonds. The van der Waals surface area contributed by atoms with Crippen molar-refractivity contribution in [3.8, 4) is 5.69 Å². The van der Waals surface area contributed by atoms with E-state index >= 15 is 0 Å². The van der Waals surface area contributed by atoms with Gasteiger partial charge in [-0.1, -0.05) is 11.3 Å². The lowest BCUT2D eigenvalue weighted by Crippen LogP contribution is -2.24. The van der Waals surface area contributed by atoms with Crippen LogP contribution in [0, 0.1) is 0 Å². The molecule has 0 radical (unpaired) electrons. The van der Waals surface area contributed by atoms with Crippen LogP contribution in [0.2, 0.25) is 0 Å². The number of hydrogen-bond acceptors (Lipinski definition) is 4. The fraction of sp³-hybridized carbons (Fsp3) is 0.250. The molecule has 2 aromatic rings. The molecular weight excluding hydrogens is 232 g/mol. The Labute approximate surface area is 103 Å². The number of carboxylic acids is 1. The lowest BCUT2D eigenvalue weighted by molar-refractivity contribution is 0.0697. The molecule has 18 heavy (non-hydrogen) atoms. The molecule has 6 heteroatoms. The van der Waals surface area contributed by atoms with Gasteiger partial charge in [-0.2, -0.15) is 0 Å². The highest BCUT2D eigenvalue weighted by molar-refractivity contribution is 5.88. The Morgan fingerprint density at radius 3 is 3.17 bits per heavy atom. The van der Waals surface area contributed by atoms with Crippen LogP contribution in [0.25, 0.3) is 5.69 Å². The van der Waals surface area contributed by atoms with E-state index in [0.717, 1.165) is 30.0 Å². The molecule has 2 heterocycles. The van der Waals surface area contributed by atoms with Crippen molar-refractivity contribution in [3.05, 3.63) is 41.2 Å². The molecular formula is C12H12N4O2. The molecule has 0 saturated carbocycles. The quantitative estimate of drug-likeness (QED) is 0.809. The lowest BCUT2D eigenvalue weighted by atomic mass is 10.1. The summed E-state index contributed by atoms with van der Waals surface area (Å²) in [6, 6.07) is 6.73. The predicted octanol–water partition coefficient (Wildman–Crippen LogP) is 0.611. The number of rotatable bonds is 2. The van der Waals surface area contributed by atoms with E-state index in [4.69, 9.17) is 5.11 Å². The van der Waals surface area contributed by atoms with Crippen LogP contribution in [0.3, 0.4) is 0 Å². The number of nitrogens with one attached hydrogen (secondary N) is 1. The van der Waals surface area contributed by atoms with Crippen molar-refractivity contribution < 1.29 is 9.90 Å². The van der Waals surface area contributed by atoms with Crippen LogP contribution < -0.4 is 5.32 Å². The fourth-order valence-corrected chi connectivity index (χ4v) is 2.11. The minimum atomic E-state index is -0.938. The standard InChI is InChI=1S/C12H12N4O2/c17-12(18)8-2-1-3-9(6-8)16-11-4-5-13-7-10(11)14-15-16/h1-3,6,13H,4-5,7H2,(H,17,18). The highest BCUT2D eigenvalue weighted by Gasteiger charge is 2.17. The third-order valence-electron chi connectivity index (χ3n) is 3.01. The van der Waals surface area contributed by atoms with Crippen LogP contribution in [0.15, 0.2) is 24.3 Å². The van der Waals surface area contributed by atoms with Crippen LogP contribution in [0.1, 0.15) is 21.7 Å². The number of aromatic carboxylic acids is 1. The Morgan fingerprint density at radius 2 is 2.33 bits per heavy atom. The summed E-state index contributed by atoms with van der Waals surface area (Å²) in [5, 5.41) is 20.4. The smallest absolute Gasteiger partial charge is 0.335 e. The van der Waals surface area contributed by atoms with Gasteiger partial charge in [-0.3, -0.25) is 0 Å².